The largest absolute Gasteiger partial charge is 0.434 e. The van der Waals surface area contributed by atoms with E-state index in [0.717, 1.165) is 17.0 Å². The molecule has 0 spiro atoms. The molecule has 0 aliphatic carbocycles. The number of nitrogens with zero attached hydrogens (tertiary/aromatic N) is 1. The van der Waals surface area contributed by atoms with Gasteiger partial charge in [-0.15, -0.1) is 0 Å². The summed E-state index contributed by atoms with van der Waals surface area (Å²) >= 11 is 0. The highest BCUT2D eigenvalue weighted by molar-refractivity contribution is 6.07. The van der Waals surface area contributed by atoms with E-state index in [1.807, 2.05) is 0 Å². The molecular weight excluding hydrogens is 368 g/mol. The predicted octanol–water partition coefficient (Wildman–Crippen LogP) is 3.53. The number of ether oxygens (including phenoxy) is 1. The highest BCUT2D eigenvalue weighted by Gasteiger charge is 2.49. The van der Waals surface area contributed by atoms with Gasteiger partial charge >= 0.3 is 12.6 Å². The van der Waals surface area contributed by atoms with Gasteiger partial charge in [0, 0.05) is 5.56 Å². The number of carbonyl (C=O) groups is 2. The third-order valence-corrected chi connectivity index (χ3v) is 4.29. The quantitative estimate of drug-likeness (QED) is 0.636. The Bertz CT molecular complexity index is 906. The molecule has 1 fully saturated rings. The Morgan fingerprint density at radius 3 is 2.48 bits per heavy atom. The van der Waals surface area contributed by atoms with Crippen LogP contribution in [-0.4, -0.2) is 23.4 Å². The summed E-state index contributed by atoms with van der Waals surface area (Å²) in [5.41, 5.74) is -1.38. The standard InChI is InChI=1S/C18H14F4N2O3/c1-18(11-6-7-12(19)13(20)8-11)15(25)24(17(26)23-18)9-10-4-2-3-5-14(10)27-16(21)22/h2-8,16H,9H2,1H3,(H,23,26). The SMILES string of the molecule is CC1(c2ccc(F)c(F)c2)NC(=O)N(Cc2ccccc2OC(F)F)C1=O. The van der Waals surface area contributed by atoms with Crippen LogP contribution in [0, 0.1) is 11.6 Å². The van der Waals surface area contributed by atoms with Crippen LogP contribution in [0.4, 0.5) is 22.4 Å². The minimum Gasteiger partial charge on any atom is -0.434 e. The Balaban J connectivity index is 1.90. The van der Waals surface area contributed by atoms with E-state index in [-0.39, 0.29) is 23.4 Å². The number of halogens is 4. The zero-order valence-electron chi connectivity index (χ0n) is 14.0. The molecule has 5 nitrogen and oxygen atoms in total. The van der Waals surface area contributed by atoms with Gasteiger partial charge in [-0.2, -0.15) is 8.78 Å². The van der Waals surface area contributed by atoms with Crippen molar-refractivity contribution >= 4 is 11.9 Å². The Labute approximate surface area is 151 Å². The topological polar surface area (TPSA) is 58.6 Å². The second kappa shape index (κ2) is 6.90. The average molecular weight is 382 g/mol. The summed E-state index contributed by atoms with van der Waals surface area (Å²) < 4.78 is 56.2. The Hall–Kier alpha value is -3.10. The van der Waals surface area contributed by atoms with E-state index < -0.39 is 35.7 Å². The average Bonchev–Trinajstić information content (AvgIpc) is 2.82. The first-order valence-corrected chi connectivity index (χ1v) is 7.84. The number of nitrogens with one attached hydrogen (secondary N) is 1. The van der Waals surface area contributed by atoms with Gasteiger partial charge in [-0.3, -0.25) is 9.69 Å². The summed E-state index contributed by atoms with van der Waals surface area (Å²) in [4.78, 5) is 25.9. The smallest absolute Gasteiger partial charge is 0.387 e. The molecular formula is C18H14F4N2O3. The van der Waals surface area contributed by atoms with Crippen molar-refractivity contribution in [3.63, 3.8) is 0 Å². The Kier molecular flexibility index (Phi) is 4.77. The number of para-hydroxylation sites is 1. The number of urea groups is 1. The van der Waals surface area contributed by atoms with Gasteiger partial charge in [0.25, 0.3) is 5.91 Å². The maximum absolute atomic E-state index is 13.5. The molecule has 1 atom stereocenters. The van der Waals surface area contributed by atoms with Gasteiger partial charge in [-0.05, 0) is 30.7 Å². The monoisotopic (exact) mass is 382 g/mol. The van der Waals surface area contributed by atoms with Crippen LogP contribution in [0.25, 0.3) is 0 Å². The van der Waals surface area contributed by atoms with Crippen molar-refractivity contribution < 1.29 is 31.9 Å². The van der Waals surface area contributed by atoms with Crippen LogP contribution in [0.3, 0.4) is 0 Å². The van der Waals surface area contributed by atoms with Crippen LogP contribution in [0.5, 0.6) is 5.75 Å². The minimum atomic E-state index is -3.07. The van der Waals surface area contributed by atoms with Gasteiger partial charge in [0.05, 0.1) is 6.54 Å². The van der Waals surface area contributed by atoms with Crippen molar-refractivity contribution in [3.8, 4) is 5.75 Å². The molecule has 1 N–H and O–H groups in total. The summed E-state index contributed by atoms with van der Waals surface area (Å²) in [6.07, 6.45) is 0. The first-order chi connectivity index (χ1) is 12.7. The van der Waals surface area contributed by atoms with Gasteiger partial charge in [-0.25, -0.2) is 13.6 Å². The highest BCUT2D eigenvalue weighted by Crippen LogP contribution is 2.32. The lowest BCUT2D eigenvalue weighted by Crippen LogP contribution is -2.41. The molecule has 1 saturated heterocycles. The number of benzene rings is 2. The lowest BCUT2D eigenvalue weighted by molar-refractivity contribution is -0.131. The molecule has 3 amide bonds. The number of hydrogen-bond donors (Lipinski definition) is 1. The minimum absolute atomic E-state index is 0.0550. The van der Waals surface area contributed by atoms with E-state index in [0.29, 0.717) is 0 Å². The molecule has 0 bridgehead atoms. The molecule has 1 aliphatic heterocycles. The van der Waals surface area contributed by atoms with E-state index >= 15 is 0 Å². The summed E-state index contributed by atoms with van der Waals surface area (Å²) in [5.74, 6) is -3.15. The fraction of sp³-hybridized carbons (Fsp3) is 0.222. The summed E-state index contributed by atoms with van der Waals surface area (Å²) in [7, 11) is 0. The molecule has 2 aromatic carbocycles. The lowest BCUT2D eigenvalue weighted by Gasteiger charge is -2.22. The lowest BCUT2D eigenvalue weighted by atomic mass is 9.92. The van der Waals surface area contributed by atoms with E-state index in [9.17, 15) is 27.2 Å². The van der Waals surface area contributed by atoms with Crippen LogP contribution in [-0.2, 0) is 16.9 Å². The normalized spacial score (nSPS) is 19.6. The fourth-order valence-corrected chi connectivity index (χ4v) is 2.86. The molecule has 1 heterocycles. The number of alkyl halides is 2. The first kappa shape index (κ1) is 18.7. The second-order valence-electron chi connectivity index (χ2n) is 6.06. The summed E-state index contributed by atoms with van der Waals surface area (Å²) in [6, 6.07) is 7.81. The van der Waals surface area contributed by atoms with Gasteiger partial charge in [0.15, 0.2) is 11.6 Å². The Morgan fingerprint density at radius 1 is 1.11 bits per heavy atom. The molecule has 9 heteroatoms. The van der Waals surface area contributed by atoms with Gasteiger partial charge < -0.3 is 10.1 Å². The fourth-order valence-electron chi connectivity index (χ4n) is 2.86. The number of imide groups is 1. The summed E-state index contributed by atoms with van der Waals surface area (Å²) in [6.45, 7) is -2.05. The Morgan fingerprint density at radius 2 is 1.81 bits per heavy atom. The van der Waals surface area contributed by atoms with Crippen LogP contribution in [0.2, 0.25) is 0 Å². The molecule has 27 heavy (non-hydrogen) atoms. The van der Waals surface area contributed by atoms with Crippen LogP contribution >= 0.6 is 0 Å². The van der Waals surface area contributed by atoms with Gasteiger partial charge in [-0.1, -0.05) is 24.3 Å². The van der Waals surface area contributed by atoms with Crippen molar-refractivity contribution in [1.29, 1.82) is 0 Å². The third-order valence-electron chi connectivity index (χ3n) is 4.29. The number of amides is 3. The molecule has 1 aliphatic rings. The molecule has 2 aromatic rings. The number of rotatable bonds is 5. The number of carbonyl (C=O) groups excluding carboxylic acids is 2. The zero-order valence-corrected chi connectivity index (χ0v) is 14.0. The van der Waals surface area contributed by atoms with Crippen LogP contribution < -0.4 is 10.1 Å². The van der Waals surface area contributed by atoms with Crippen LogP contribution in [0.1, 0.15) is 18.1 Å². The highest BCUT2D eigenvalue weighted by atomic mass is 19.3. The second-order valence-corrected chi connectivity index (χ2v) is 6.06. The predicted molar refractivity (Wildman–Crippen MR) is 85.9 cm³/mol. The third kappa shape index (κ3) is 3.44. The molecule has 3 rings (SSSR count). The van der Waals surface area contributed by atoms with E-state index in [2.05, 4.69) is 10.1 Å². The zero-order chi connectivity index (χ0) is 19.8. The van der Waals surface area contributed by atoms with Crippen molar-refractivity contribution in [2.75, 3.05) is 0 Å². The van der Waals surface area contributed by atoms with E-state index in [1.54, 1.807) is 6.07 Å². The first-order valence-electron chi connectivity index (χ1n) is 7.84. The molecule has 0 saturated carbocycles. The molecule has 1 unspecified atom stereocenters. The summed E-state index contributed by atoms with van der Waals surface area (Å²) in [5, 5.41) is 2.43. The molecule has 0 aromatic heterocycles. The van der Waals surface area contributed by atoms with Crippen LogP contribution in [0.15, 0.2) is 42.5 Å². The number of hydrogen-bond acceptors (Lipinski definition) is 3. The van der Waals surface area contributed by atoms with Crippen molar-refractivity contribution in [2.24, 2.45) is 0 Å². The van der Waals surface area contributed by atoms with Crippen molar-refractivity contribution in [2.45, 2.75) is 25.6 Å². The molecule has 0 radical (unpaired) electrons. The van der Waals surface area contributed by atoms with Gasteiger partial charge in [0.2, 0.25) is 0 Å². The maximum Gasteiger partial charge on any atom is 0.387 e. The van der Waals surface area contributed by atoms with Crippen molar-refractivity contribution in [3.05, 3.63) is 65.2 Å². The van der Waals surface area contributed by atoms with Gasteiger partial charge in [0.1, 0.15) is 11.3 Å². The van der Waals surface area contributed by atoms with E-state index in [1.165, 1.54) is 31.2 Å². The maximum atomic E-state index is 13.5. The van der Waals surface area contributed by atoms with Crippen molar-refractivity contribution in [1.82, 2.24) is 10.2 Å². The molecule has 142 valence electrons. The van der Waals surface area contributed by atoms with E-state index in [4.69, 9.17) is 0 Å².